The lowest BCUT2D eigenvalue weighted by molar-refractivity contribution is -0.158. The van der Waals surface area contributed by atoms with Crippen molar-refractivity contribution in [3.05, 3.63) is 65.7 Å². The molecule has 0 saturated carbocycles. The fourth-order valence-electron chi connectivity index (χ4n) is 3.42. The highest BCUT2D eigenvalue weighted by Gasteiger charge is 2.27. The molecule has 2 rings (SSSR count). The lowest BCUT2D eigenvalue weighted by Gasteiger charge is -2.25. The molecule has 2 aromatic rings. The molecule has 3 N–H and O–H groups in total. The highest BCUT2D eigenvalue weighted by Crippen LogP contribution is 2.19. The predicted molar refractivity (Wildman–Crippen MR) is 151 cm³/mol. The van der Waals surface area contributed by atoms with Crippen LogP contribution in [0.25, 0.3) is 0 Å². The highest BCUT2D eigenvalue weighted by molar-refractivity contribution is 5.91. The summed E-state index contributed by atoms with van der Waals surface area (Å²) < 4.78 is 16.4. The molecule has 2 atom stereocenters. The van der Waals surface area contributed by atoms with E-state index in [1.807, 2.05) is 63.2 Å². The standard InChI is InChI=1S/C30H41N3O7/c1-20(32-28(37)38-19-22-11-9-8-10-12-22)26(35)31-18-25(34)33-24(27(36)40-30(5,6)7)17-21-13-15-23(16-14-21)39-29(2,3)4/h8-16,20,24H,17-19H2,1-7H3,(H,31,35)(H,32,37)(H,33,34)/t20-,24-/m1/s1. The molecule has 0 heterocycles. The van der Waals surface area contributed by atoms with Gasteiger partial charge < -0.3 is 30.2 Å². The van der Waals surface area contributed by atoms with Gasteiger partial charge in [0.2, 0.25) is 11.8 Å². The number of carbonyl (C=O) groups excluding carboxylic acids is 4. The van der Waals surface area contributed by atoms with E-state index in [1.165, 1.54) is 6.92 Å². The first-order valence-electron chi connectivity index (χ1n) is 13.2. The SMILES string of the molecule is C[C@@H](NC(=O)OCc1ccccc1)C(=O)NCC(=O)N[C@H](Cc1ccc(OC(C)(C)C)cc1)C(=O)OC(C)(C)C. The summed E-state index contributed by atoms with van der Waals surface area (Å²) in [6.45, 7) is 12.2. The first-order valence-corrected chi connectivity index (χ1v) is 13.2. The molecule has 0 bridgehead atoms. The molecule has 0 aliphatic rings. The molecule has 2 aromatic carbocycles. The number of amides is 3. The maximum atomic E-state index is 12.9. The van der Waals surface area contributed by atoms with Crippen LogP contribution in [0.2, 0.25) is 0 Å². The van der Waals surface area contributed by atoms with E-state index in [2.05, 4.69) is 16.0 Å². The summed E-state index contributed by atoms with van der Waals surface area (Å²) >= 11 is 0. The van der Waals surface area contributed by atoms with Gasteiger partial charge in [-0.15, -0.1) is 0 Å². The lowest BCUT2D eigenvalue weighted by atomic mass is 10.0. The molecule has 0 spiro atoms. The topological polar surface area (TPSA) is 132 Å². The Morgan fingerprint density at radius 1 is 0.800 bits per heavy atom. The van der Waals surface area contributed by atoms with E-state index >= 15 is 0 Å². The van der Waals surface area contributed by atoms with E-state index in [-0.39, 0.29) is 18.6 Å². The Morgan fingerprint density at radius 2 is 1.43 bits per heavy atom. The van der Waals surface area contributed by atoms with Crippen LogP contribution in [0.4, 0.5) is 4.79 Å². The van der Waals surface area contributed by atoms with Gasteiger partial charge in [0, 0.05) is 6.42 Å². The second-order valence-electron chi connectivity index (χ2n) is 11.4. The van der Waals surface area contributed by atoms with E-state index in [4.69, 9.17) is 14.2 Å². The smallest absolute Gasteiger partial charge is 0.408 e. The van der Waals surface area contributed by atoms with Crippen LogP contribution in [0.1, 0.15) is 59.6 Å². The number of ether oxygens (including phenoxy) is 3. The number of hydrogen-bond donors (Lipinski definition) is 3. The van der Waals surface area contributed by atoms with Crippen molar-refractivity contribution in [1.29, 1.82) is 0 Å². The summed E-state index contributed by atoms with van der Waals surface area (Å²) in [7, 11) is 0. The van der Waals surface area contributed by atoms with Gasteiger partial charge in [0.05, 0.1) is 6.54 Å². The number of nitrogens with one attached hydrogen (secondary N) is 3. The van der Waals surface area contributed by atoms with Gasteiger partial charge in [-0.05, 0) is 71.7 Å². The zero-order valence-electron chi connectivity index (χ0n) is 24.3. The Kier molecular flexibility index (Phi) is 11.5. The number of alkyl carbamates (subject to hydrolysis) is 1. The fraction of sp³-hybridized carbons (Fsp3) is 0.467. The molecule has 0 radical (unpaired) electrons. The van der Waals surface area contributed by atoms with E-state index in [1.54, 1.807) is 32.9 Å². The minimum Gasteiger partial charge on any atom is -0.488 e. The molecular formula is C30H41N3O7. The van der Waals surface area contributed by atoms with Crippen molar-refractivity contribution >= 4 is 23.9 Å². The molecule has 0 aliphatic heterocycles. The van der Waals surface area contributed by atoms with Gasteiger partial charge in [0.25, 0.3) is 0 Å². The number of benzene rings is 2. The Morgan fingerprint density at radius 3 is 2.00 bits per heavy atom. The van der Waals surface area contributed by atoms with Crippen LogP contribution >= 0.6 is 0 Å². The van der Waals surface area contributed by atoms with Gasteiger partial charge in [0.15, 0.2) is 0 Å². The Labute approximate surface area is 236 Å². The van der Waals surface area contributed by atoms with Crippen molar-refractivity contribution in [3.8, 4) is 5.75 Å². The first-order chi connectivity index (χ1) is 18.6. The van der Waals surface area contributed by atoms with Crippen molar-refractivity contribution in [1.82, 2.24) is 16.0 Å². The lowest BCUT2D eigenvalue weighted by Crippen LogP contribution is -2.51. The van der Waals surface area contributed by atoms with Crippen molar-refractivity contribution in [2.24, 2.45) is 0 Å². The minimum atomic E-state index is -0.985. The second-order valence-corrected chi connectivity index (χ2v) is 11.4. The maximum Gasteiger partial charge on any atom is 0.408 e. The number of carbonyl (C=O) groups is 4. The molecule has 0 aromatic heterocycles. The van der Waals surface area contributed by atoms with Crippen LogP contribution in [0.3, 0.4) is 0 Å². The summed E-state index contributed by atoms with van der Waals surface area (Å²) in [6.07, 6.45) is -0.588. The van der Waals surface area contributed by atoms with Crippen molar-refractivity contribution in [2.45, 2.75) is 84.8 Å². The highest BCUT2D eigenvalue weighted by atomic mass is 16.6. The summed E-state index contributed by atoms with van der Waals surface area (Å²) in [6, 6.07) is 14.4. The number of rotatable bonds is 11. The van der Waals surface area contributed by atoms with Crippen molar-refractivity contribution in [2.75, 3.05) is 6.54 Å². The van der Waals surface area contributed by atoms with Crippen LogP contribution in [-0.2, 0) is 36.9 Å². The molecule has 0 saturated heterocycles. The van der Waals surface area contributed by atoms with E-state index in [0.29, 0.717) is 5.75 Å². The van der Waals surface area contributed by atoms with Crippen LogP contribution in [0.5, 0.6) is 5.75 Å². The average molecular weight is 556 g/mol. The molecule has 10 heteroatoms. The molecule has 40 heavy (non-hydrogen) atoms. The third-order valence-electron chi connectivity index (χ3n) is 5.18. The quantitative estimate of drug-likeness (QED) is 0.361. The van der Waals surface area contributed by atoms with Gasteiger partial charge in [-0.2, -0.15) is 0 Å². The summed E-state index contributed by atoms with van der Waals surface area (Å²) in [5.41, 5.74) is 0.483. The van der Waals surface area contributed by atoms with Crippen molar-refractivity contribution in [3.63, 3.8) is 0 Å². The van der Waals surface area contributed by atoms with Crippen molar-refractivity contribution < 1.29 is 33.4 Å². The van der Waals surface area contributed by atoms with E-state index in [9.17, 15) is 19.2 Å². The fourth-order valence-corrected chi connectivity index (χ4v) is 3.42. The normalized spacial score (nSPS) is 12.9. The van der Waals surface area contributed by atoms with Crippen LogP contribution in [0.15, 0.2) is 54.6 Å². The van der Waals surface area contributed by atoms with Gasteiger partial charge in [-0.1, -0.05) is 42.5 Å². The van der Waals surface area contributed by atoms with E-state index in [0.717, 1.165) is 11.1 Å². The molecule has 3 amide bonds. The molecule has 0 aliphatic carbocycles. The molecule has 0 fully saturated rings. The summed E-state index contributed by atoms with van der Waals surface area (Å²) in [4.78, 5) is 50.0. The molecular weight excluding hydrogens is 514 g/mol. The monoisotopic (exact) mass is 555 g/mol. The molecule has 218 valence electrons. The van der Waals surface area contributed by atoms with Gasteiger partial charge in [0.1, 0.15) is 35.6 Å². The van der Waals surface area contributed by atoms with Crippen LogP contribution in [0, 0.1) is 0 Å². The van der Waals surface area contributed by atoms with Gasteiger partial charge in [-0.25, -0.2) is 9.59 Å². The Bertz CT molecular complexity index is 1140. The maximum absolute atomic E-state index is 12.9. The van der Waals surface area contributed by atoms with E-state index < -0.39 is 48.1 Å². The average Bonchev–Trinajstić information content (AvgIpc) is 2.85. The molecule has 10 nitrogen and oxygen atoms in total. The molecule has 0 unspecified atom stereocenters. The first kappa shape index (κ1) is 32.1. The Hall–Kier alpha value is -4.08. The largest absolute Gasteiger partial charge is 0.488 e. The Balaban J connectivity index is 1.91. The summed E-state index contributed by atoms with van der Waals surface area (Å²) in [5, 5.41) is 7.52. The minimum absolute atomic E-state index is 0.0574. The van der Waals surface area contributed by atoms with Crippen LogP contribution < -0.4 is 20.7 Å². The third-order valence-corrected chi connectivity index (χ3v) is 5.18. The third kappa shape index (κ3) is 12.6. The predicted octanol–water partition coefficient (Wildman–Crippen LogP) is 3.66. The van der Waals surface area contributed by atoms with Gasteiger partial charge >= 0.3 is 12.1 Å². The van der Waals surface area contributed by atoms with Crippen LogP contribution in [-0.4, -0.2) is 53.7 Å². The number of hydrogen-bond acceptors (Lipinski definition) is 7. The zero-order chi connectivity index (χ0) is 29.9. The zero-order valence-corrected chi connectivity index (χ0v) is 24.3. The van der Waals surface area contributed by atoms with Gasteiger partial charge in [-0.3, -0.25) is 9.59 Å². The summed E-state index contributed by atoms with van der Waals surface area (Å²) in [5.74, 6) is -1.09. The second kappa shape index (κ2) is 14.3. The number of esters is 1.